The normalized spacial score (nSPS) is 34.0. The van der Waals surface area contributed by atoms with E-state index in [-0.39, 0.29) is 0 Å². The first-order valence-corrected chi connectivity index (χ1v) is 8.78. The molecule has 0 spiro atoms. The van der Waals surface area contributed by atoms with Gasteiger partial charge in [-0.25, -0.2) is 0 Å². The van der Waals surface area contributed by atoms with Crippen LogP contribution in [0.25, 0.3) is 0 Å². The first-order chi connectivity index (χ1) is 10.3. The van der Waals surface area contributed by atoms with E-state index in [2.05, 4.69) is 47.5 Å². The molecule has 1 saturated heterocycles. The highest BCUT2D eigenvalue weighted by Gasteiger charge is 2.47. The van der Waals surface area contributed by atoms with Gasteiger partial charge in [-0.15, -0.1) is 0 Å². The van der Waals surface area contributed by atoms with Gasteiger partial charge in [0.05, 0.1) is 0 Å². The lowest BCUT2D eigenvalue weighted by atomic mass is 10.1. The summed E-state index contributed by atoms with van der Waals surface area (Å²) >= 11 is 0. The van der Waals surface area contributed by atoms with Gasteiger partial charge in [-0.05, 0) is 56.6 Å². The highest BCUT2D eigenvalue weighted by Crippen LogP contribution is 2.48. The van der Waals surface area contributed by atoms with Crippen molar-refractivity contribution in [1.82, 2.24) is 10.2 Å². The van der Waals surface area contributed by atoms with E-state index in [0.29, 0.717) is 5.41 Å². The third-order valence-electron chi connectivity index (χ3n) is 5.94. The molecular formula is C19H28N2. The number of benzene rings is 1. The smallest absolute Gasteiger partial charge is 0.0143 e. The van der Waals surface area contributed by atoms with Gasteiger partial charge in [0.15, 0.2) is 0 Å². The Morgan fingerprint density at radius 1 is 1.24 bits per heavy atom. The van der Waals surface area contributed by atoms with E-state index in [1.807, 2.05) is 0 Å². The number of rotatable bonds is 6. The standard InChI is InChI=1S/C19H28N2/c1-15-6-5-11-21(15)14-19(9-10-19)13-20-18-12-17(18)16-7-3-2-4-8-16/h2-4,7-8,15,17-18,20H,5-6,9-14H2,1H3/t15-,17-,18?/m1/s1. The molecule has 2 heteroatoms. The van der Waals surface area contributed by atoms with Crippen molar-refractivity contribution < 1.29 is 0 Å². The van der Waals surface area contributed by atoms with Gasteiger partial charge in [0, 0.05) is 31.1 Å². The van der Waals surface area contributed by atoms with Gasteiger partial charge < -0.3 is 10.2 Å². The van der Waals surface area contributed by atoms with Crippen LogP contribution >= 0.6 is 0 Å². The predicted molar refractivity (Wildman–Crippen MR) is 87.5 cm³/mol. The van der Waals surface area contributed by atoms with Crippen LogP contribution in [0.1, 0.15) is 50.5 Å². The molecule has 2 aliphatic carbocycles. The minimum absolute atomic E-state index is 0.614. The molecule has 0 radical (unpaired) electrons. The van der Waals surface area contributed by atoms with Crippen LogP contribution in [-0.4, -0.2) is 36.6 Å². The van der Waals surface area contributed by atoms with Crippen molar-refractivity contribution in [2.45, 2.75) is 57.0 Å². The number of hydrogen-bond acceptors (Lipinski definition) is 2. The predicted octanol–water partition coefficient (Wildman–Crippen LogP) is 3.40. The molecule has 0 aromatic heterocycles. The minimum atomic E-state index is 0.614. The topological polar surface area (TPSA) is 15.3 Å². The average molecular weight is 284 g/mol. The average Bonchev–Trinajstić information content (AvgIpc) is 3.40. The zero-order chi connectivity index (χ0) is 14.3. The van der Waals surface area contributed by atoms with E-state index in [9.17, 15) is 0 Å². The molecule has 3 aliphatic rings. The Kier molecular flexibility index (Phi) is 3.55. The Morgan fingerprint density at radius 2 is 2.05 bits per heavy atom. The molecule has 1 unspecified atom stereocenters. The second-order valence-corrected chi connectivity index (χ2v) is 7.70. The van der Waals surface area contributed by atoms with Crippen molar-refractivity contribution in [1.29, 1.82) is 0 Å². The quantitative estimate of drug-likeness (QED) is 0.861. The molecule has 0 bridgehead atoms. The molecule has 4 rings (SSSR count). The SMILES string of the molecule is C[C@@H]1CCCN1CC1(CNC2C[C@@H]2c2ccccc2)CC1. The fraction of sp³-hybridized carbons (Fsp3) is 0.684. The molecular weight excluding hydrogens is 256 g/mol. The number of likely N-dealkylation sites (tertiary alicyclic amines) is 1. The van der Waals surface area contributed by atoms with Crippen molar-refractivity contribution >= 4 is 0 Å². The number of nitrogens with zero attached hydrogens (tertiary/aromatic N) is 1. The summed E-state index contributed by atoms with van der Waals surface area (Å²) in [5.74, 6) is 0.771. The zero-order valence-corrected chi connectivity index (χ0v) is 13.2. The highest BCUT2D eigenvalue weighted by molar-refractivity contribution is 5.27. The monoisotopic (exact) mass is 284 g/mol. The van der Waals surface area contributed by atoms with Crippen molar-refractivity contribution in [2.24, 2.45) is 5.41 Å². The fourth-order valence-electron chi connectivity index (χ4n) is 4.06. The van der Waals surface area contributed by atoms with E-state index in [0.717, 1.165) is 18.0 Å². The Balaban J connectivity index is 1.26. The molecule has 1 heterocycles. The van der Waals surface area contributed by atoms with E-state index in [4.69, 9.17) is 0 Å². The van der Waals surface area contributed by atoms with Crippen LogP contribution in [0.3, 0.4) is 0 Å². The van der Waals surface area contributed by atoms with Gasteiger partial charge in [0.2, 0.25) is 0 Å². The lowest BCUT2D eigenvalue weighted by molar-refractivity contribution is 0.210. The lowest BCUT2D eigenvalue weighted by Crippen LogP contribution is -2.38. The van der Waals surface area contributed by atoms with Crippen molar-refractivity contribution in [3.8, 4) is 0 Å². The maximum Gasteiger partial charge on any atom is 0.0143 e. The van der Waals surface area contributed by atoms with Gasteiger partial charge in [-0.2, -0.15) is 0 Å². The minimum Gasteiger partial charge on any atom is -0.313 e. The fourth-order valence-corrected chi connectivity index (χ4v) is 4.06. The molecule has 3 fully saturated rings. The largest absolute Gasteiger partial charge is 0.313 e. The Labute approximate surface area is 128 Å². The van der Waals surface area contributed by atoms with Gasteiger partial charge in [0.1, 0.15) is 0 Å². The van der Waals surface area contributed by atoms with E-state index in [1.165, 1.54) is 57.3 Å². The summed E-state index contributed by atoms with van der Waals surface area (Å²) in [5.41, 5.74) is 2.13. The van der Waals surface area contributed by atoms with E-state index >= 15 is 0 Å². The second kappa shape index (κ2) is 5.40. The Bertz CT molecular complexity index is 480. The van der Waals surface area contributed by atoms with Gasteiger partial charge >= 0.3 is 0 Å². The molecule has 21 heavy (non-hydrogen) atoms. The van der Waals surface area contributed by atoms with E-state index in [1.54, 1.807) is 0 Å². The molecule has 1 aromatic rings. The molecule has 3 atom stereocenters. The molecule has 0 amide bonds. The van der Waals surface area contributed by atoms with Crippen LogP contribution < -0.4 is 5.32 Å². The Morgan fingerprint density at radius 3 is 2.71 bits per heavy atom. The molecule has 1 aromatic carbocycles. The molecule has 2 saturated carbocycles. The van der Waals surface area contributed by atoms with Crippen LogP contribution in [0.4, 0.5) is 0 Å². The molecule has 1 N–H and O–H groups in total. The van der Waals surface area contributed by atoms with Crippen LogP contribution in [0.15, 0.2) is 30.3 Å². The van der Waals surface area contributed by atoms with Crippen molar-refractivity contribution in [2.75, 3.05) is 19.6 Å². The van der Waals surface area contributed by atoms with Gasteiger partial charge in [-0.3, -0.25) is 0 Å². The maximum absolute atomic E-state index is 3.87. The summed E-state index contributed by atoms with van der Waals surface area (Å²) in [4.78, 5) is 2.73. The van der Waals surface area contributed by atoms with Crippen molar-refractivity contribution in [3.63, 3.8) is 0 Å². The van der Waals surface area contributed by atoms with Gasteiger partial charge in [0.25, 0.3) is 0 Å². The summed E-state index contributed by atoms with van der Waals surface area (Å²) < 4.78 is 0. The summed E-state index contributed by atoms with van der Waals surface area (Å²) in [6.07, 6.45) is 7.02. The summed E-state index contributed by atoms with van der Waals surface area (Å²) in [7, 11) is 0. The summed E-state index contributed by atoms with van der Waals surface area (Å²) in [6.45, 7) is 6.32. The summed E-state index contributed by atoms with van der Waals surface area (Å²) in [6, 6.07) is 12.6. The van der Waals surface area contributed by atoms with Crippen LogP contribution in [0.2, 0.25) is 0 Å². The lowest BCUT2D eigenvalue weighted by Gasteiger charge is -2.27. The second-order valence-electron chi connectivity index (χ2n) is 7.70. The Hall–Kier alpha value is -0.860. The summed E-state index contributed by atoms with van der Waals surface area (Å²) in [5, 5.41) is 3.87. The molecule has 114 valence electrons. The third kappa shape index (κ3) is 3.02. The van der Waals surface area contributed by atoms with Crippen LogP contribution in [0, 0.1) is 5.41 Å². The maximum atomic E-state index is 3.87. The first-order valence-electron chi connectivity index (χ1n) is 8.78. The number of nitrogens with one attached hydrogen (secondary N) is 1. The van der Waals surface area contributed by atoms with E-state index < -0.39 is 0 Å². The highest BCUT2D eigenvalue weighted by atomic mass is 15.2. The third-order valence-corrected chi connectivity index (χ3v) is 5.94. The molecule has 2 nitrogen and oxygen atoms in total. The zero-order valence-electron chi connectivity index (χ0n) is 13.2. The first kappa shape index (κ1) is 13.8. The van der Waals surface area contributed by atoms with Crippen LogP contribution in [-0.2, 0) is 0 Å². The number of hydrogen-bond donors (Lipinski definition) is 1. The molecule has 1 aliphatic heterocycles. The van der Waals surface area contributed by atoms with Gasteiger partial charge in [-0.1, -0.05) is 30.3 Å². The van der Waals surface area contributed by atoms with Crippen LogP contribution in [0.5, 0.6) is 0 Å². The van der Waals surface area contributed by atoms with Crippen molar-refractivity contribution in [3.05, 3.63) is 35.9 Å².